The number of alkyl carbamates (subject to hydrolysis) is 1. The molecule has 5 N–H and O–H groups in total. The van der Waals surface area contributed by atoms with Crippen LogP contribution in [0.1, 0.15) is 52.1 Å². The topological polar surface area (TPSA) is 177 Å². The van der Waals surface area contributed by atoms with Crippen LogP contribution < -0.4 is 16.4 Å². The van der Waals surface area contributed by atoms with Crippen molar-refractivity contribution in [2.24, 2.45) is 5.73 Å². The largest absolute Gasteiger partial charge is 0.508 e. The lowest BCUT2D eigenvalue weighted by molar-refractivity contribution is -0.144. The minimum Gasteiger partial charge on any atom is -0.508 e. The fourth-order valence-electron chi connectivity index (χ4n) is 3.16. The number of carbonyl (C=O) groups excluding carboxylic acids is 5. The van der Waals surface area contributed by atoms with E-state index in [4.69, 9.17) is 10.5 Å². The number of nitrogens with one attached hydrogen (secondary N) is 2. The zero-order valence-corrected chi connectivity index (χ0v) is 20.6. The number of benzene rings is 1. The van der Waals surface area contributed by atoms with Gasteiger partial charge in [0.2, 0.25) is 17.7 Å². The molecule has 4 amide bonds. The number of nitrogens with two attached hydrogens (primary N) is 1. The number of hydrogen-bond acceptors (Lipinski definition) is 8. The van der Waals surface area contributed by atoms with Gasteiger partial charge in [0.1, 0.15) is 30.0 Å². The third kappa shape index (κ3) is 9.51. The van der Waals surface area contributed by atoms with Crippen molar-refractivity contribution in [3.63, 3.8) is 0 Å². The predicted molar refractivity (Wildman–Crippen MR) is 125 cm³/mol. The molecule has 0 heterocycles. The summed E-state index contributed by atoms with van der Waals surface area (Å²) in [6.07, 6.45) is -1.27. The highest BCUT2D eigenvalue weighted by Gasteiger charge is 2.36. The van der Waals surface area contributed by atoms with Crippen LogP contribution in [0.25, 0.3) is 0 Å². The smallest absolute Gasteiger partial charge is 0.408 e. The predicted octanol–water partition coefficient (Wildman–Crippen LogP) is 0.730. The lowest BCUT2D eigenvalue weighted by Crippen LogP contribution is -2.53. The zero-order chi connectivity index (χ0) is 26.8. The average molecular weight is 495 g/mol. The van der Waals surface area contributed by atoms with Crippen LogP contribution in [0.3, 0.4) is 0 Å². The summed E-state index contributed by atoms with van der Waals surface area (Å²) in [6.45, 7) is 6.04. The summed E-state index contributed by atoms with van der Waals surface area (Å²) in [4.78, 5) is 63.1. The van der Waals surface area contributed by atoms with Gasteiger partial charge in [-0.3, -0.25) is 19.2 Å². The summed E-state index contributed by atoms with van der Waals surface area (Å²) in [5.41, 5.74) is 4.48. The van der Waals surface area contributed by atoms with Crippen molar-refractivity contribution >= 4 is 29.8 Å². The first-order chi connectivity index (χ1) is 16.3. The first-order valence-corrected chi connectivity index (χ1v) is 11.0. The Morgan fingerprint density at radius 3 is 2.29 bits per heavy atom. The van der Waals surface area contributed by atoms with E-state index in [9.17, 15) is 29.1 Å². The highest BCUT2D eigenvalue weighted by molar-refractivity contribution is 5.93. The molecule has 0 aliphatic carbocycles. The molecule has 2 atom stereocenters. The molecule has 1 rings (SSSR count). The van der Waals surface area contributed by atoms with E-state index in [1.165, 1.54) is 12.1 Å². The maximum absolute atomic E-state index is 13.6. The molecular formula is C23H34N4O8. The summed E-state index contributed by atoms with van der Waals surface area (Å²) >= 11 is 0. The molecule has 0 aliphatic rings. The second-order valence-electron chi connectivity index (χ2n) is 8.58. The van der Waals surface area contributed by atoms with E-state index in [0.29, 0.717) is 0 Å². The minimum atomic E-state index is -1.37. The number of methoxy groups -OCH3 is 1. The molecular weight excluding hydrogens is 460 g/mol. The minimum absolute atomic E-state index is 0.0213. The fraction of sp³-hybridized carbons (Fsp3) is 0.522. The van der Waals surface area contributed by atoms with Crippen molar-refractivity contribution in [3.8, 4) is 5.75 Å². The first kappa shape index (κ1) is 29.2. The Kier molecular flexibility index (Phi) is 11.0. The maximum atomic E-state index is 13.6. The molecule has 0 spiro atoms. The molecule has 1 aromatic carbocycles. The lowest BCUT2D eigenvalue weighted by Gasteiger charge is -2.33. The van der Waals surface area contributed by atoms with Gasteiger partial charge in [-0.15, -0.1) is 0 Å². The quantitative estimate of drug-likeness (QED) is 0.325. The Morgan fingerprint density at radius 1 is 1.14 bits per heavy atom. The van der Waals surface area contributed by atoms with Crippen molar-refractivity contribution < 1.29 is 38.6 Å². The zero-order valence-electron chi connectivity index (χ0n) is 20.6. The Labute approximate surface area is 204 Å². The molecule has 0 saturated carbocycles. The molecule has 0 saturated heterocycles. The van der Waals surface area contributed by atoms with E-state index >= 15 is 0 Å². The number of amides is 4. The summed E-state index contributed by atoms with van der Waals surface area (Å²) < 4.78 is 9.75. The number of hydrogen-bond donors (Lipinski definition) is 4. The van der Waals surface area contributed by atoms with Gasteiger partial charge in [-0.2, -0.15) is 0 Å². The molecule has 35 heavy (non-hydrogen) atoms. The highest BCUT2D eigenvalue weighted by atomic mass is 16.6. The fourth-order valence-corrected chi connectivity index (χ4v) is 3.16. The van der Waals surface area contributed by atoms with Gasteiger partial charge in [0.25, 0.3) is 0 Å². The molecule has 12 nitrogen and oxygen atoms in total. The van der Waals surface area contributed by atoms with Crippen LogP contribution in [-0.4, -0.2) is 71.6 Å². The van der Waals surface area contributed by atoms with Gasteiger partial charge in [-0.25, -0.2) is 4.79 Å². The van der Waals surface area contributed by atoms with Crippen LogP contribution in [-0.2, 0) is 28.7 Å². The van der Waals surface area contributed by atoms with Crippen LogP contribution in [0.5, 0.6) is 5.75 Å². The van der Waals surface area contributed by atoms with E-state index < -0.39 is 54.0 Å². The van der Waals surface area contributed by atoms with Gasteiger partial charge < -0.3 is 35.8 Å². The summed E-state index contributed by atoms with van der Waals surface area (Å²) in [7, 11) is 1.16. The molecule has 12 heteroatoms. The van der Waals surface area contributed by atoms with E-state index in [-0.39, 0.29) is 30.7 Å². The Hall–Kier alpha value is -3.83. The number of para-hydroxylation sites is 1. The number of ether oxygens (including phenoxy) is 2. The molecule has 0 fully saturated rings. The van der Waals surface area contributed by atoms with Gasteiger partial charge in [-0.05, 0) is 40.2 Å². The third-order valence-electron chi connectivity index (χ3n) is 4.72. The summed E-state index contributed by atoms with van der Waals surface area (Å²) in [5.74, 6) is -3.15. The summed E-state index contributed by atoms with van der Waals surface area (Å²) in [6, 6.07) is 3.27. The Balaban J connectivity index is 3.36. The second kappa shape index (κ2) is 13.2. The van der Waals surface area contributed by atoms with Crippen molar-refractivity contribution in [2.45, 2.75) is 58.2 Å². The molecule has 0 radical (unpaired) electrons. The number of carbonyl (C=O) groups is 5. The van der Waals surface area contributed by atoms with Gasteiger partial charge in [0, 0.05) is 18.5 Å². The number of nitrogens with zero attached hydrogens (tertiary/aromatic N) is 1. The van der Waals surface area contributed by atoms with Crippen molar-refractivity contribution in [1.29, 1.82) is 0 Å². The molecule has 1 aromatic rings. The SMILES string of the molecule is CCN(C(=O)C(CCC(N)=O)NC(=O)OC(C)(C)C)C(C(=O)NCC(=O)OC)c1ccccc1O. The normalized spacial score (nSPS) is 12.6. The summed E-state index contributed by atoms with van der Waals surface area (Å²) in [5, 5.41) is 15.2. The molecule has 0 aliphatic heterocycles. The van der Waals surface area contributed by atoms with Crippen molar-refractivity contribution in [3.05, 3.63) is 29.8 Å². The highest BCUT2D eigenvalue weighted by Crippen LogP contribution is 2.29. The number of likely N-dealkylation sites (N-methyl/N-ethyl adjacent to an activating group) is 1. The van der Waals surface area contributed by atoms with Gasteiger partial charge in [0.05, 0.1) is 7.11 Å². The molecule has 194 valence electrons. The van der Waals surface area contributed by atoms with Crippen LogP contribution in [0.4, 0.5) is 4.79 Å². The van der Waals surface area contributed by atoms with E-state index in [1.54, 1.807) is 39.8 Å². The van der Waals surface area contributed by atoms with Gasteiger partial charge >= 0.3 is 12.1 Å². The maximum Gasteiger partial charge on any atom is 0.408 e. The number of phenolic OH excluding ortho intramolecular Hbond substituents is 1. The lowest BCUT2D eigenvalue weighted by atomic mass is 10.0. The van der Waals surface area contributed by atoms with Crippen molar-refractivity contribution in [1.82, 2.24) is 15.5 Å². The van der Waals surface area contributed by atoms with Crippen LogP contribution >= 0.6 is 0 Å². The standard InChI is InChI=1S/C23H34N4O8/c1-6-27(21(32)15(11-12-17(24)29)26-22(33)35-23(2,3)4)19(14-9-7-8-10-16(14)28)20(31)25-13-18(30)34-5/h7-10,15,19,28H,6,11-13H2,1-5H3,(H2,24,29)(H,25,31)(H,26,33). The van der Waals surface area contributed by atoms with Crippen molar-refractivity contribution in [2.75, 3.05) is 20.2 Å². The molecule has 0 bridgehead atoms. The number of phenols is 1. The average Bonchev–Trinajstić information content (AvgIpc) is 2.77. The monoisotopic (exact) mass is 494 g/mol. The van der Waals surface area contributed by atoms with Crippen LogP contribution in [0.15, 0.2) is 24.3 Å². The van der Waals surface area contributed by atoms with Gasteiger partial charge in [0.15, 0.2) is 0 Å². The van der Waals surface area contributed by atoms with Gasteiger partial charge in [-0.1, -0.05) is 18.2 Å². The second-order valence-corrected chi connectivity index (χ2v) is 8.58. The number of rotatable bonds is 11. The third-order valence-corrected chi connectivity index (χ3v) is 4.72. The van der Waals surface area contributed by atoms with E-state index in [2.05, 4.69) is 15.4 Å². The number of aromatic hydroxyl groups is 1. The Bertz CT molecular complexity index is 928. The van der Waals surface area contributed by atoms with E-state index in [1.807, 2.05) is 0 Å². The number of esters is 1. The Morgan fingerprint density at radius 2 is 1.77 bits per heavy atom. The van der Waals surface area contributed by atoms with Crippen LogP contribution in [0, 0.1) is 0 Å². The molecule has 0 aromatic heterocycles. The van der Waals surface area contributed by atoms with Crippen LogP contribution in [0.2, 0.25) is 0 Å². The van der Waals surface area contributed by atoms with E-state index in [0.717, 1.165) is 12.0 Å². The first-order valence-electron chi connectivity index (χ1n) is 11.0. The number of primary amides is 1. The molecule has 2 unspecified atom stereocenters.